The largest absolute Gasteiger partial charge is 0.319 e. The summed E-state index contributed by atoms with van der Waals surface area (Å²) in [5.74, 6) is 3.13. The van der Waals surface area contributed by atoms with E-state index in [1.54, 1.807) is 0 Å². The third kappa shape index (κ3) is 5.30. The molecule has 110 valence electrons. The highest BCUT2D eigenvalue weighted by Gasteiger charge is 2.27. The van der Waals surface area contributed by atoms with E-state index < -0.39 is 0 Å². The molecular weight excluding hydrogens is 218 g/mol. The van der Waals surface area contributed by atoms with Gasteiger partial charge in [-0.25, -0.2) is 0 Å². The van der Waals surface area contributed by atoms with Gasteiger partial charge in [0.15, 0.2) is 0 Å². The maximum atomic E-state index is 3.40. The van der Waals surface area contributed by atoms with Crippen LogP contribution in [-0.4, -0.2) is 13.6 Å². The fourth-order valence-corrected chi connectivity index (χ4v) is 4.01. The smallest absolute Gasteiger partial charge is 0.00234 e. The minimum absolute atomic E-state index is 0. The molecule has 1 nitrogen and oxygen atoms in total. The lowest BCUT2D eigenvalue weighted by molar-refractivity contribution is 0.220. The fourth-order valence-electron chi connectivity index (χ4n) is 4.01. The van der Waals surface area contributed by atoms with E-state index in [0.717, 1.165) is 17.8 Å². The van der Waals surface area contributed by atoms with E-state index in [1.165, 1.54) is 70.8 Å². The van der Waals surface area contributed by atoms with E-state index in [9.17, 15) is 0 Å². The van der Waals surface area contributed by atoms with E-state index >= 15 is 0 Å². The minimum atomic E-state index is 0. The molecule has 2 unspecified atom stereocenters. The van der Waals surface area contributed by atoms with Gasteiger partial charge in [0.2, 0.25) is 0 Å². The summed E-state index contributed by atoms with van der Waals surface area (Å²) in [6.45, 7) is 1.25. The molecule has 0 spiro atoms. The van der Waals surface area contributed by atoms with Crippen LogP contribution in [0.25, 0.3) is 0 Å². The quantitative estimate of drug-likeness (QED) is 0.726. The Balaban J connectivity index is 0.00000144. The first-order chi connectivity index (χ1) is 7.90. The van der Waals surface area contributed by atoms with Crippen LogP contribution in [-0.2, 0) is 0 Å². The Morgan fingerprint density at radius 2 is 1.33 bits per heavy atom. The summed E-state index contributed by atoms with van der Waals surface area (Å²) in [6.07, 6.45) is 15.1. The van der Waals surface area contributed by atoms with Crippen LogP contribution in [0.1, 0.15) is 79.1 Å². The van der Waals surface area contributed by atoms with Crippen LogP contribution in [0.5, 0.6) is 0 Å². The van der Waals surface area contributed by atoms with Gasteiger partial charge in [-0.2, -0.15) is 0 Å². The van der Waals surface area contributed by atoms with Gasteiger partial charge in [-0.3, -0.25) is 0 Å². The normalized spacial score (nSPS) is 29.8. The Morgan fingerprint density at radius 3 is 2.00 bits per heavy atom. The molecule has 0 aromatic heterocycles. The van der Waals surface area contributed by atoms with Gasteiger partial charge in [-0.15, -0.1) is 0 Å². The van der Waals surface area contributed by atoms with Crippen molar-refractivity contribution >= 4 is 0 Å². The minimum Gasteiger partial charge on any atom is -0.319 e. The molecule has 0 aromatic rings. The first-order valence-corrected chi connectivity index (χ1v) is 7.54. The summed E-state index contributed by atoms with van der Waals surface area (Å²) in [7, 11) is 2.11. The molecule has 2 aliphatic carbocycles. The van der Waals surface area contributed by atoms with Crippen LogP contribution in [0.3, 0.4) is 0 Å². The predicted octanol–water partition coefficient (Wildman–Crippen LogP) is 5.25. The second-order valence-electron chi connectivity index (χ2n) is 6.10. The molecule has 2 atom stereocenters. The Hall–Kier alpha value is -0.0400. The Bertz CT molecular complexity index is 184. The second kappa shape index (κ2) is 9.83. The van der Waals surface area contributed by atoms with Gasteiger partial charge in [0, 0.05) is 0 Å². The van der Waals surface area contributed by atoms with Gasteiger partial charge in [0.1, 0.15) is 0 Å². The Labute approximate surface area is 116 Å². The highest BCUT2D eigenvalue weighted by molar-refractivity contribution is 4.80. The van der Waals surface area contributed by atoms with Crippen molar-refractivity contribution in [1.82, 2.24) is 5.32 Å². The van der Waals surface area contributed by atoms with E-state index in [-0.39, 0.29) is 14.9 Å². The molecular formula is C17H37N. The van der Waals surface area contributed by atoms with Gasteiger partial charge in [0.25, 0.3) is 0 Å². The topological polar surface area (TPSA) is 12.0 Å². The molecule has 2 saturated carbocycles. The lowest BCUT2D eigenvalue weighted by Crippen LogP contribution is -2.25. The zero-order valence-corrected chi connectivity index (χ0v) is 11.0. The van der Waals surface area contributed by atoms with Crippen molar-refractivity contribution in [1.29, 1.82) is 0 Å². The lowest BCUT2D eigenvalue weighted by Gasteiger charge is -2.30. The molecule has 2 rings (SSSR count). The second-order valence-corrected chi connectivity index (χ2v) is 6.10. The van der Waals surface area contributed by atoms with Crippen LogP contribution >= 0.6 is 0 Å². The third-order valence-corrected chi connectivity index (χ3v) is 4.88. The molecule has 0 saturated heterocycles. The van der Waals surface area contributed by atoms with E-state index in [1.807, 2.05) is 0 Å². The van der Waals surface area contributed by atoms with Crippen molar-refractivity contribution in [3.05, 3.63) is 0 Å². The molecule has 2 fully saturated rings. The summed E-state index contributed by atoms with van der Waals surface area (Å²) in [5, 5.41) is 3.40. The van der Waals surface area contributed by atoms with Crippen molar-refractivity contribution in [2.45, 2.75) is 79.1 Å². The molecule has 0 heterocycles. The summed E-state index contributed by atoms with van der Waals surface area (Å²) in [6, 6.07) is 0. The highest BCUT2D eigenvalue weighted by Crippen LogP contribution is 2.39. The SMILES string of the molecule is C.C.CNCC1CCCCCC(C2CCCC2)C1. The van der Waals surface area contributed by atoms with Crippen molar-refractivity contribution in [3.8, 4) is 0 Å². The standard InChI is InChI=1S/C15H29N.2CH4/c1-16-12-13-7-3-2-4-10-15(11-13)14-8-5-6-9-14;;/h13-16H,2-12H2,1H3;2*1H4. The van der Waals surface area contributed by atoms with Gasteiger partial charge in [-0.1, -0.05) is 66.2 Å². The molecule has 18 heavy (non-hydrogen) atoms. The summed E-state index contributed by atoms with van der Waals surface area (Å²) >= 11 is 0. The Morgan fingerprint density at radius 1 is 0.778 bits per heavy atom. The zero-order valence-electron chi connectivity index (χ0n) is 11.0. The van der Waals surface area contributed by atoms with Crippen LogP contribution < -0.4 is 5.32 Å². The molecule has 0 aromatic carbocycles. The third-order valence-electron chi connectivity index (χ3n) is 4.88. The zero-order chi connectivity index (χ0) is 11.2. The van der Waals surface area contributed by atoms with Gasteiger partial charge < -0.3 is 5.32 Å². The van der Waals surface area contributed by atoms with E-state index in [2.05, 4.69) is 12.4 Å². The van der Waals surface area contributed by atoms with Crippen molar-refractivity contribution in [3.63, 3.8) is 0 Å². The molecule has 0 radical (unpaired) electrons. The lowest BCUT2D eigenvalue weighted by atomic mass is 9.77. The van der Waals surface area contributed by atoms with Gasteiger partial charge >= 0.3 is 0 Å². The molecule has 1 heteroatoms. The van der Waals surface area contributed by atoms with Crippen LogP contribution in [0.2, 0.25) is 0 Å². The van der Waals surface area contributed by atoms with Crippen molar-refractivity contribution in [2.75, 3.05) is 13.6 Å². The number of nitrogens with one attached hydrogen (secondary N) is 1. The first-order valence-electron chi connectivity index (χ1n) is 7.54. The Kier molecular flexibility index (Phi) is 9.81. The number of rotatable bonds is 3. The van der Waals surface area contributed by atoms with Crippen molar-refractivity contribution in [2.24, 2.45) is 17.8 Å². The van der Waals surface area contributed by atoms with Crippen LogP contribution in [0, 0.1) is 17.8 Å². The average molecular weight is 255 g/mol. The van der Waals surface area contributed by atoms with E-state index in [4.69, 9.17) is 0 Å². The molecule has 0 aliphatic heterocycles. The number of hydrogen-bond acceptors (Lipinski definition) is 1. The fraction of sp³-hybridized carbons (Fsp3) is 1.00. The molecule has 2 aliphatic rings. The van der Waals surface area contributed by atoms with Crippen LogP contribution in [0.4, 0.5) is 0 Å². The number of hydrogen-bond donors (Lipinski definition) is 1. The van der Waals surface area contributed by atoms with Gasteiger partial charge in [0.05, 0.1) is 0 Å². The van der Waals surface area contributed by atoms with Crippen molar-refractivity contribution < 1.29 is 0 Å². The summed E-state index contributed by atoms with van der Waals surface area (Å²) in [4.78, 5) is 0. The average Bonchev–Trinajstić information content (AvgIpc) is 2.75. The molecule has 0 amide bonds. The molecule has 0 bridgehead atoms. The first kappa shape index (κ1) is 18.0. The maximum absolute atomic E-state index is 3.40. The predicted molar refractivity (Wildman–Crippen MR) is 84.0 cm³/mol. The molecule has 1 N–H and O–H groups in total. The maximum Gasteiger partial charge on any atom is -0.00234 e. The van der Waals surface area contributed by atoms with Crippen LogP contribution in [0.15, 0.2) is 0 Å². The highest BCUT2D eigenvalue weighted by atomic mass is 14.8. The monoisotopic (exact) mass is 255 g/mol. The summed E-state index contributed by atoms with van der Waals surface area (Å²) in [5.41, 5.74) is 0. The van der Waals surface area contributed by atoms with Gasteiger partial charge in [-0.05, 0) is 44.2 Å². The van der Waals surface area contributed by atoms with E-state index in [0.29, 0.717) is 0 Å². The summed E-state index contributed by atoms with van der Waals surface area (Å²) < 4.78 is 0.